The quantitative estimate of drug-likeness (QED) is 0.745. The summed E-state index contributed by atoms with van der Waals surface area (Å²) in [5.41, 5.74) is 2.37. The van der Waals surface area contributed by atoms with E-state index in [-0.39, 0.29) is 12.7 Å². The van der Waals surface area contributed by atoms with E-state index in [4.69, 9.17) is 26.0 Å². The Morgan fingerprint density at radius 2 is 1.83 bits per heavy atom. The van der Waals surface area contributed by atoms with Crippen LogP contribution in [0.4, 0.5) is 0 Å². The first kappa shape index (κ1) is 16.5. The summed E-state index contributed by atoms with van der Waals surface area (Å²) < 4.78 is 10.9. The van der Waals surface area contributed by atoms with Gasteiger partial charge in [0.25, 0.3) is 5.89 Å². The molecule has 124 valence electrons. The van der Waals surface area contributed by atoms with E-state index < -0.39 is 0 Å². The third-order valence-corrected chi connectivity index (χ3v) is 3.66. The van der Waals surface area contributed by atoms with E-state index >= 15 is 0 Å². The number of hydrogen-bond acceptors (Lipinski definition) is 5. The van der Waals surface area contributed by atoms with Crippen LogP contribution in [0.15, 0.2) is 47.0 Å². The Labute approximate surface area is 144 Å². The summed E-state index contributed by atoms with van der Waals surface area (Å²) in [6.45, 7) is 3.88. The van der Waals surface area contributed by atoms with Gasteiger partial charge in [0.1, 0.15) is 5.75 Å². The third-order valence-electron chi connectivity index (χ3n) is 3.36. The van der Waals surface area contributed by atoms with Crippen molar-refractivity contribution < 1.29 is 14.4 Å². The van der Waals surface area contributed by atoms with Crippen LogP contribution in [0.3, 0.4) is 0 Å². The normalized spacial score (nSPS) is 11.0. The van der Waals surface area contributed by atoms with Gasteiger partial charge in [-0.2, -0.15) is 4.98 Å². The summed E-state index contributed by atoms with van der Waals surface area (Å²) >= 11 is 6.24. The van der Waals surface area contributed by atoms with Crippen molar-refractivity contribution in [2.24, 2.45) is 0 Å². The molecule has 0 aliphatic carbocycles. The van der Waals surface area contributed by atoms with Crippen LogP contribution in [-0.2, 0) is 6.61 Å². The summed E-state index contributed by atoms with van der Waals surface area (Å²) in [6.07, 6.45) is 0.0465. The maximum Gasteiger partial charge on any atom is 0.258 e. The highest BCUT2D eigenvalue weighted by Crippen LogP contribution is 2.31. The van der Waals surface area contributed by atoms with Gasteiger partial charge in [-0.05, 0) is 37.6 Å². The maximum atomic E-state index is 9.08. The van der Waals surface area contributed by atoms with Crippen molar-refractivity contribution in [2.75, 3.05) is 0 Å². The molecule has 1 aromatic heterocycles. The van der Waals surface area contributed by atoms with Crippen LogP contribution in [0.2, 0.25) is 5.02 Å². The topological polar surface area (TPSA) is 68.4 Å². The SMILES string of the molecule is CC(C)Oc1ccc(-c2nc(-c3ccc(CO)cc3)no2)cc1Cl. The maximum absolute atomic E-state index is 9.08. The summed E-state index contributed by atoms with van der Waals surface area (Å²) in [7, 11) is 0. The Hall–Kier alpha value is -2.37. The first-order valence-corrected chi connectivity index (χ1v) is 7.95. The molecule has 0 saturated carbocycles. The van der Waals surface area contributed by atoms with Gasteiger partial charge >= 0.3 is 0 Å². The second-order valence-electron chi connectivity index (χ2n) is 5.59. The highest BCUT2D eigenvalue weighted by Gasteiger charge is 2.13. The molecule has 3 aromatic rings. The van der Waals surface area contributed by atoms with E-state index in [0.29, 0.717) is 22.5 Å². The molecule has 0 atom stereocenters. The van der Waals surface area contributed by atoms with Crippen molar-refractivity contribution in [1.29, 1.82) is 0 Å². The number of hydrogen-bond donors (Lipinski definition) is 1. The predicted octanol–water partition coefficient (Wildman–Crippen LogP) is 4.34. The minimum absolute atomic E-state index is 0.00106. The Balaban J connectivity index is 1.85. The van der Waals surface area contributed by atoms with Gasteiger partial charge in [0.05, 0.1) is 17.7 Å². The Morgan fingerprint density at radius 3 is 2.46 bits per heavy atom. The standard InChI is InChI=1S/C18H17ClN2O3/c1-11(2)23-16-8-7-14(9-15(16)19)18-20-17(21-24-18)13-5-3-12(10-22)4-6-13/h3-9,11,22H,10H2,1-2H3. The number of rotatable bonds is 5. The summed E-state index contributed by atoms with van der Waals surface area (Å²) in [5.74, 6) is 1.48. The van der Waals surface area contributed by atoms with Crippen molar-refractivity contribution in [3.63, 3.8) is 0 Å². The van der Waals surface area contributed by atoms with Crippen LogP contribution in [0.1, 0.15) is 19.4 Å². The molecule has 0 bridgehead atoms. The molecule has 1 N–H and O–H groups in total. The highest BCUT2D eigenvalue weighted by atomic mass is 35.5. The van der Waals surface area contributed by atoms with Gasteiger partial charge in [-0.25, -0.2) is 0 Å². The lowest BCUT2D eigenvalue weighted by Gasteiger charge is -2.11. The molecule has 0 fully saturated rings. The van der Waals surface area contributed by atoms with Gasteiger partial charge in [0.2, 0.25) is 5.82 Å². The fourth-order valence-corrected chi connectivity index (χ4v) is 2.43. The minimum atomic E-state index is 0.00106. The molecule has 0 unspecified atom stereocenters. The van der Waals surface area contributed by atoms with Crippen molar-refractivity contribution in [1.82, 2.24) is 10.1 Å². The summed E-state index contributed by atoms with van der Waals surface area (Å²) in [4.78, 5) is 4.40. The first-order valence-electron chi connectivity index (χ1n) is 7.57. The summed E-state index contributed by atoms with van der Waals surface area (Å²) in [6, 6.07) is 12.7. The van der Waals surface area contributed by atoms with Gasteiger partial charge in [0.15, 0.2) is 0 Å². The van der Waals surface area contributed by atoms with E-state index in [1.807, 2.05) is 44.2 Å². The molecule has 5 nitrogen and oxygen atoms in total. The van der Waals surface area contributed by atoms with Crippen LogP contribution in [0.25, 0.3) is 22.8 Å². The van der Waals surface area contributed by atoms with E-state index in [1.165, 1.54) is 0 Å². The average molecular weight is 345 g/mol. The largest absolute Gasteiger partial charge is 0.489 e. The molecule has 24 heavy (non-hydrogen) atoms. The van der Waals surface area contributed by atoms with Crippen molar-refractivity contribution in [2.45, 2.75) is 26.6 Å². The lowest BCUT2D eigenvalue weighted by atomic mass is 10.1. The molecule has 1 heterocycles. The zero-order valence-corrected chi connectivity index (χ0v) is 14.1. The van der Waals surface area contributed by atoms with E-state index in [1.54, 1.807) is 12.1 Å². The minimum Gasteiger partial charge on any atom is -0.489 e. The highest BCUT2D eigenvalue weighted by molar-refractivity contribution is 6.32. The van der Waals surface area contributed by atoms with Crippen molar-refractivity contribution in [3.05, 3.63) is 53.1 Å². The number of benzene rings is 2. The predicted molar refractivity (Wildman–Crippen MR) is 91.9 cm³/mol. The second-order valence-corrected chi connectivity index (χ2v) is 6.00. The fraction of sp³-hybridized carbons (Fsp3) is 0.222. The van der Waals surface area contributed by atoms with Gasteiger partial charge in [-0.15, -0.1) is 0 Å². The smallest absolute Gasteiger partial charge is 0.258 e. The molecule has 3 rings (SSSR count). The van der Waals surface area contributed by atoms with E-state index in [2.05, 4.69) is 10.1 Å². The fourth-order valence-electron chi connectivity index (χ4n) is 2.20. The number of aliphatic hydroxyl groups excluding tert-OH is 1. The summed E-state index contributed by atoms with van der Waals surface area (Å²) in [5, 5.41) is 13.6. The number of nitrogens with zero attached hydrogens (tertiary/aromatic N) is 2. The first-order chi connectivity index (χ1) is 11.6. The monoisotopic (exact) mass is 344 g/mol. The number of aliphatic hydroxyl groups is 1. The zero-order chi connectivity index (χ0) is 17.1. The Kier molecular flexibility index (Phi) is 4.83. The molecule has 0 aliphatic rings. The van der Waals surface area contributed by atoms with Crippen LogP contribution in [0.5, 0.6) is 5.75 Å². The van der Waals surface area contributed by atoms with Gasteiger partial charge < -0.3 is 14.4 Å². The molecule has 6 heteroatoms. The van der Waals surface area contributed by atoms with Crippen LogP contribution in [-0.4, -0.2) is 21.4 Å². The molecule has 2 aromatic carbocycles. The molecule has 0 amide bonds. The molecular formula is C18H17ClN2O3. The van der Waals surface area contributed by atoms with Gasteiger partial charge in [0, 0.05) is 11.1 Å². The number of halogens is 1. The van der Waals surface area contributed by atoms with Gasteiger partial charge in [-0.3, -0.25) is 0 Å². The van der Waals surface area contributed by atoms with E-state index in [0.717, 1.165) is 16.7 Å². The molecule has 0 radical (unpaired) electrons. The number of aromatic nitrogens is 2. The number of ether oxygens (including phenoxy) is 1. The molecule has 0 saturated heterocycles. The van der Waals surface area contributed by atoms with Crippen LogP contribution < -0.4 is 4.74 Å². The zero-order valence-electron chi connectivity index (χ0n) is 13.4. The van der Waals surface area contributed by atoms with Crippen LogP contribution in [0, 0.1) is 0 Å². The molecular weight excluding hydrogens is 328 g/mol. The second kappa shape index (κ2) is 7.03. The van der Waals surface area contributed by atoms with Crippen LogP contribution >= 0.6 is 11.6 Å². The van der Waals surface area contributed by atoms with E-state index in [9.17, 15) is 0 Å². The third kappa shape index (κ3) is 3.58. The van der Waals surface area contributed by atoms with Gasteiger partial charge in [-0.1, -0.05) is 41.0 Å². The molecule has 0 spiro atoms. The lowest BCUT2D eigenvalue weighted by Crippen LogP contribution is -2.05. The Morgan fingerprint density at radius 1 is 1.12 bits per heavy atom. The lowest BCUT2D eigenvalue weighted by molar-refractivity contribution is 0.242. The van der Waals surface area contributed by atoms with Crippen molar-refractivity contribution >= 4 is 11.6 Å². The molecule has 0 aliphatic heterocycles. The van der Waals surface area contributed by atoms with Crippen molar-refractivity contribution in [3.8, 4) is 28.6 Å². The average Bonchev–Trinajstić information content (AvgIpc) is 3.06. The Bertz CT molecular complexity index is 829.